The number of benzene rings is 2. The molecule has 0 unspecified atom stereocenters. The Bertz CT molecular complexity index is 1400. The lowest BCUT2D eigenvalue weighted by atomic mass is 10.2. The van der Waals surface area contributed by atoms with E-state index in [-0.39, 0.29) is 35.0 Å². The van der Waals surface area contributed by atoms with E-state index < -0.39 is 15.9 Å². The number of anilines is 1. The number of hydrogen-bond acceptors (Lipinski definition) is 7. The maximum absolute atomic E-state index is 13.1. The standard InChI is InChI=1S/C24H26N6O4S/c1-4-29(16-18-8-6-5-7-9-18)35(32,33)20-12-10-19(11-13-20)22(31)25-24-27-26-23(34-24)21-14-15-30(28-21)17(2)3/h5-15,17H,4,16H2,1-3H3,(H,25,27,31). The van der Waals surface area contributed by atoms with Crippen LogP contribution < -0.4 is 5.32 Å². The van der Waals surface area contributed by atoms with Gasteiger partial charge in [0.25, 0.3) is 11.8 Å². The molecule has 0 radical (unpaired) electrons. The highest BCUT2D eigenvalue weighted by Crippen LogP contribution is 2.21. The Balaban J connectivity index is 1.44. The molecule has 182 valence electrons. The number of carbonyl (C=O) groups is 1. The third-order valence-corrected chi connectivity index (χ3v) is 7.25. The number of hydrogen-bond donors (Lipinski definition) is 1. The van der Waals surface area contributed by atoms with Crippen molar-refractivity contribution in [2.75, 3.05) is 11.9 Å². The van der Waals surface area contributed by atoms with Crippen LogP contribution in [0.3, 0.4) is 0 Å². The maximum Gasteiger partial charge on any atom is 0.322 e. The summed E-state index contributed by atoms with van der Waals surface area (Å²) in [5.41, 5.74) is 1.64. The van der Waals surface area contributed by atoms with E-state index in [2.05, 4.69) is 20.6 Å². The molecule has 35 heavy (non-hydrogen) atoms. The molecule has 0 aliphatic carbocycles. The van der Waals surface area contributed by atoms with E-state index in [1.165, 1.54) is 28.6 Å². The summed E-state index contributed by atoms with van der Waals surface area (Å²) in [5, 5.41) is 14.7. The second kappa shape index (κ2) is 10.2. The molecule has 1 N–H and O–H groups in total. The Labute approximate surface area is 203 Å². The molecule has 0 atom stereocenters. The fraction of sp³-hybridized carbons (Fsp3) is 0.250. The van der Waals surface area contributed by atoms with Gasteiger partial charge in [-0.3, -0.25) is 14.8 Å². The zero-order valence-corrected chi connectivity index (χ0v) is 20.4. The quantitative estimate of drug-likeness (QED) is 0.373. The predicted molar refractivity (Wildman–Crippen MR) is 130 cm³/mol. The summed E-state index contributed by atoms with van der Waals surface area (Å²) in [6.07, 6.45) is 1.80. The van der Waals surface area contributed by atoms with Crippen LogP contribution in [-0.4, -0.2) is 45.2 Å². The monoisotopic (exact) mass is 494 g/mol. The van der Waals surface area contributed by atoms with Crippen molar-refractivity contribution < 1.29 is 17.6 Å². The first kappa shape index (κ1) is 24.3. The molecule has 2 aromatic carbocycles. The lowest BCUT2D eigenvalue weighted by Gasteiger charge is -2.20. The molecule has 1 amide bonds. The minimum absolute atomic E-state index is 0.0826. The average Bonchev–Trinajstić information content (AvgIpc) is 3.53. The van der Waals surface area contributed by atoms with Gasteiger partial charge in [0.1, 0.15) is 5.69 Å². The first-order chi connectivity index (χ1) is 16.8. The zero-order valence-electron chi connectivity index (χ0n) is 19.6. The minimum Gasteiger partial charge on any atom is -0.401 e. The molecule has 0 aliphatic heterocycles. The highest BCUT2D eigenvalue weighted by molar-refractivity contribution is 7.89. The SMILES string of the molecule is CCN(Cc1ccccc1)S(=O)(=O)c1ccc(C(=O)Nc2nnc(-c3ccn(C(C)C)n3)o2)cc1. The second-order valence-corrected chi connectivity index (χ2v) is 10.0. The van der Waals surface area contributed by atoms with Gasteiger partial charge in [0.2, 0.25) is 10.0 Å². The van der Waals surface area contributed by atoms with Crippen molar-refractivity contribution in [3.63, 3.8) is 0 Å². The lowest BCUT2D eigenvalue weighted by molar-refractivity contribution is 0.102. The fourth-order valence-electron chi connectivity index (χ4n) is 3.37. The van der Waals surface area contributed by atoms with Crippen LogP contribution in [0, 0.1) is 0 Å². The first-order valence-corrected chi connectivity index (χ1v) is 12.6. The number of nitrogens with zero attached hydrogens (tertiary/aromatic N) is 5. The first-order valence-electron chi connectivity index (χ1n) is 11.1. The molecule has 4 rings (SSSR count). The van der Waals surface area contributed by atoms with Crippen molar-refractivity contribution in [1.82, 2.24) is 24.3 Å². The fourth-order valence-corrected chi connectivity index (χ4v) is 4.80. The third kappa shape index (κ3) is 5.47. The van der Waals surface area contributed by atoms with Crippen molar-refractivity contribution in [3.8, 4) is 11.6 Å². The molecule has 2 aromatic heterocycles. The molecule has 11 heteroatoms. The number of rotatable bonds is 9. The molecule has 10 nitrogen and oxygen atoms in total. The van der Waals surface area contributed by atoms with Gasteiger partial charge in [-0.2, -0.15) is 9.40 Å². The highest BCUT2D eigenvalue weighted by Gasteiger charge is 2.24. The Hall–Kier alpha value is -3.83. The average molecular weight is 495 g/mol. The number of amides is 1. The number of sulfonamides is 1. The third-order valence-electron chi connectivity index (χ3n) is 5.31. The normalized spacial score (nSPS) is 11.8. The smallest absolute Gasteiger partial charge is 0.322 e. The van der Waals surface area contributed by atoms with E-state index in [1.807, 2.05) is 44.2 Å². The molecule has 0 saturated heterocycles. The van der Waals surface area contributed by atoms with E-state index in [4.69, 9.17) is 4.42 Å². The Morgan fingerprint density at radius 2 is 1.77 bits per heavy atom. The van der Waals surface area contributed by atoms with E-state index in [1.54, 1.807) is 23.9 Å². The Kier molecular flexibility index (Phi) is 7.08. The van der Waals surface area contributed by atoms with Crippen LogP contribution in [0.25, 0.3) is 11.6 Å². The molecule has 0 fully saturated rings. The van der Waals surface area contributed by atoms with Crippen LogP contribution in [0.2, 0.25) is 0 Å². The second-order valence-electron chi connectivity index (χ2n) is 8.08. The van der Waals surface area contributed by atoms with E-state index in [0.717, 1.165) is 5.56 Å². The number of nitrogens with one attached hydrogen (secondary N) is 1. The summed E-state index contributed by atoms with van der Waals surface area (Å²) in [7, 11) is -3.73. The van der Waals surface area contributed by atoms with Gasteiger partial charge >= 0.3 is 6.01 Å². The maximum atomic E-state index is 13.1. The Morgan fingerprint density at radius 3 is 2.40 bits per heavy atom. The van der Waals surface area contributed by atoms with Crippen LogP contribution in [0.5, 0.6) is 0 Å². The van der Waals surface area contributed by atoms with Gasteiger partial charge in [-0.1, -0.05) is 42.4 Å². The molecule has 0 saturated carbocycles. The molecular weight excluding hydrogens is 468 g/mol. The lowest BCUT2D eigenvalue weighted by Crippen LogP contribution is -2.30. The van der Waals surface area contributed by atoms with Crippen molar-refractivity contribution in [2.24, 2.45) is 0 Å². The largest absolute Gasteiger partial charge is 0.401 e. The minimum atomic E-state index is -3.73. The summed E-state index contributed by atoms with van der Waals surface area (Å²) in [5.74, 6) is -0.326. The van der Waals surface area contributed by atoms with Crippen LogP contribution in [0.4, 0.5) is 6.01 Å². The number of carbonyl (C=O) groups excluding carboxylic acids is 1. The van der Waals surface area contributed by atoms with Gasteiger partial charge in [-0.05, 0) is 49.7 Å². The van der Waals surface area contributed by atoms with Gasteiger partial charge in [0, 0.05) is 30.9 Å². The summed E-state index contributed by atoms with van der Waals surface area (Å²) in [4.78, 5) is 12.7. The van der Waals surface area contributed by atoms with Gasteiger partial charge in [-0.15, -0.1) is 5.10 Å². The topological polar surface area (TPSA) is 123 Å². The molecular formula is C24H26N6O4S. The van der Waals surface area contributed by atoms with Crippen molar-refractivity contribution >= 4 is 21.9 Å². The van der Waals surface area contributed by atoms with E-state index in [9.17, 15) is 13.2 Å². The molecule has 0 aliphatic rings. The van der Waals surface area contributed by atoms with Crippen LogP contribution in [0.1, 0.15) is 42.7 Å². The van der Waals surface area contributed by atoms with E-state index >= 15 is 0 Å². The summed E-state index contributed by atoms with van der Waals surface area (Å²) < 4.78 is 34.9. The van der Waals surface area contributed by atoms with Crippen molar-refractivity contribution in [2.45, 2.75) is 38.3 Å². The summed E-state index contributed by atoms with van der Waals surface area (Å²) >= 11 is 0. The Morgan fingerprint density at radius 1 is 1.06 bits per heavy atom. The zero-order chi connectivity index (χ0) is 25.0. The summed E-state index contributed by atoms with van der Waals surface area (Å²) in [6, 6.07) is 16.9. The molecule has 2 heterocycles. The van der Waals surface area contributed by atoms with Crippen molar-refractivity contribution in [3.05, 3.63) is 78.0 Å². The van der Waals surface area contributed by atoms with Gasteiger partial charge in [0.15, 0.2) is 0 Å². The van der Waals surface area contributed by atoms with Gasteiger partial charge in [0.05, 0.1) is 4.90 Å². The molecule has 4 aromatic rings. The van der Waals surface area contributed by atoms with Crippen LogP contribution in [-0.2, 0) is 16.6 Å². The van der Waals surface area contributed by atoms with Gasteiger partial charge in [-0.25, -0.2) is 8.42 Å². The van der Waals surface area contributed by atoms with Crippen LogP contribution in [0.15, 0.2) is 76.2 Å². The molecule has 0 bridgehead atoms. The molecule has 0 spiro atoms. The van der Waals surface area contributed by atoms with Crippen molar-refractivity contribution in [1.29, 1.82) is 0 Å². The van der Waals surface area contributed by atoms with Gasteiger partial charge < -0.3 is 4.42 Å². The predicted octanol–water partition coefficient (Wildman–Crippen LogP) is 3.98. The number of aromatic nitrogens is 4. The highest BCUT2D eigenvalue weighted by atomic mass is 32.2. The van der Waals surface area contributed by atoms with Crippen LogP contribution >= 0.6 is 0 Å². The van der Waals surface area contributed by atoms with E-state index in [0.29, 0.717) is 12.2 Å². The summed E-state index contributed by atoms with van der Waals surface area (Å²) in [6.45, 7) is 6.35.